The molecule has 0 radical (unpaired) electrons. The number of para-hydroxylation sites is 2. The SMILES string of the molecule is CC[NH+](CC(=O)Nc1ccc(OC)cc1)CC(=O)N(C)C[C@@H]1COc2ccccc2O1. The van der Waals surface area contributed by atoms with Crippen LogP contribution in [-0.4, -0.2) is 69.8 Å². The summed E-state index contributed by atoms with van der Waals surface area (Å²) < 4.78 is 16.8. The molecule has 0 fully saturated rings. The topological polar surface area (TPSA) is 81.5 Å². The van der Waals surface area contributed by atoms with E-state index in [1.165, 1.54) is 0 Å². The summed E-state index contributed by atoms with van der Waals surface area (Å²) in [6, 6.07) is 14.6. The fraction of sp³-hybridized carbons (Fsp3) is 0.391. The van der Waals surface area contributed by atoms with Crippen LogP contribution in [0, 0.1) is 0 Å². The van der Waals surface area contributed by atoms with Gasteiger partial charge in [-0.1, -0.05) is 12.1 Å². The molecule has 2 aromatic carbocycles. The molecule has 0 aliphatic carbocycles. The third-order valence-electron chi connectivity index (χ3n) is 5.16. The highest BCUT2D eigenvalue weighted by molar-refractivity contribution is 5.91. The molecule has 1 heterocycles. The zero-order valence-electron chi connectivity index (χ0n) is 18.2. The Labute approximate surface area is 182 Å². The number of hydrogen-bond acceptors (Lipinski definition) is 5. The fourth-order valence-electron chi connectivity index (χ4n) is 3.33. The van der Waals surface area contributed by atoms with E-state index >= 15 is 0 Å². The lowest BCUT2D eigenvalue weighted by Crippen LogP contribution is -3.13. The molecule has 2 aromatic rings. The van der Waals surface area contributed by atoms with Gasteiger partial charge in [0.25, 0.3) is 11.8 Å². The number of hydrogen-bond donors (Lipinski definition) is 2. The standard InChI is InChI=1S/C23H29N3O5/c1-4-26(14-22(27)24-17-9-11-18(29-3)12-10-17)15-23(28)25(2)13-19-16-30-20-7-5-6-8-21(20)31-19/h5-12,19H,4,13-16H2,1-3H3,(H,24,27)/p+1/t19-/m1/s1. The number of rotatable bonds is 9. The molecule has 2 atom stereocenters. The average molecular weight is 429 g/mol. The van der Waals surface area contributed by atoms with E-state index in [4.69, 9.17) is 14.2 Å². The van der Waals surface area contributed by atoms with Crippen LogP contribution in [0.15, 0.2) is 48.5 Å². The largest absolute Gasteiger partial charge is 0.497 e. The smallest absolute Gasteiger partial charge is 0.279 e. The van der Waals surface area contributed by atoms with E-state index in [1.54, 1.807) is 43.3 Å². The summed E-state index contributed by atoms with van der Waals surface area (Å²) in [5.74, 6) is 1.95. The molecule has 2 amide bonds. The first-order chi connectivity index (χ1) is 15.0. The van der Waals surface area contributed by atoms with Crippen LogP contribution in [-0.2, 0) is 9.59 Å². The van der Waals surface area contributed by atoms with E-state index in [0.29, 0.717) is 31.1 Å². The summed E-state index contributed by atoms with van der Waals surface area (Å²) in [5.41, 5.74) is 0.694. The summed E-state index contributed by atoms with van der Waals surface area (Å²) >= 11 is 0. The number of likely N-dealkylation sites (N-methyl/N-ethyl adjacent to an activating group) is 2. The zero-order valence-corrected chi connectivity index (χ0v) is 18.2. The van der Waals surface area contributed by atoms with Crippen molar-refractivity contribution in [3.05, 3.63) is 48.5 Å². The first kappa shape index (κ1) is 22.4. The number of carbonyl (C=O) groups excluding carboxylic acids is 2. The van der Waals surface area contributed by atoms with Crippen molar-refractivity contribution >= 4 is 17.5 Å². The molecular formula is C23H30N3O5+. The van der Waals surface area contributed by atoms with Crippen LogP contribution in [0.25, 0.3) is 0 Å². The fourth-order valence-corrected chi connectivity index (χ4v) is 3.33. The van der Waals surface area contributed by atoms with Crippen molar-refractivity contribution in [2.24, 2.45) is 0 Å². The maximum Gasteiger partial charge on any atom is 0.279 e. The van der Waals surface area contributed by atoms with Crippen molar-refractivity contribution in [2.75, 3.05) is 52.3 Å². The van der Waals surface area contributed by atoms with Gasteiger partial charge in [-0.3, -0.25) is 9.59 Å². The Balaban J connectivity index is 1.46. The van der Waals surface area contributed by atoms with Crippen LogP contribution in [0.1, 0.15) is 6.92 Å². The maximum absolute atomic E-state index is 12.7. The van der Waals surface area contributed by atoms with Gasteiger partial charge in [-0.25, -0.2) is 0 Å². The highest BCUT2D eigenvalue weighted by Gasteiger charge is 2.25. The predicted octanol–water partition coefficient (Wildman–Crippen LogP) is 0.837. The summed E-state index contributed by atoms with van der Waals surface area (Å²) in [5, 5.41) is 2.86. The molecule has 166 valence electrons. The quantitative estimate of drug-likeness (QED) is 0.619. The second-order valence-electron chi connectivity index (χ2n) is 7.51. The number of benzene rings is 2. The van der Waals surface area contributed by atoms with Gasteiger partial charge in [0, 0.05) is 12.7 Å². The van der Waals surface area contributed by atoms with Crippen molar-refractivity contribution in [2.45, 2.75) is 13.0 Å². The summed E-state index contributed by atoms with van der Waals surface area (Å²) in [4.78, 5) is 27.6. The van der Waals surface area contributed by atoms with Gasteiger partial charge in [-0.15, -0.1) is 0 Å². The highest BCUT2D eigenvalue weighted by Crippen LogP contribution is 2.30. The van der Waals surface area contributed by atoms with Gasteiger partial charge in [-0.05, 0) is 43.3 Å². The Hall–Kier alpha value is -3.26. The zero-order chi connectivity index (χ0) is 22.2. The average Bonchev–Trinajstić information content (AvgIpc) is 2.78. The molecule has 8 nitrogen and oxygen atoms in total. The second kappa shape index (κ2) is 10.7. The molecule has 0 saturated carbocycles. The molecule has 0 spiro atoms. The molecule has 2 N–H and O–H groups in total. The van der Waals surface area contributed by atoms with Crippen LogP contribution in [0.4, 0.5) is 5.69 Å². The van der Waals surface area contributed by atoms with E-state index in [2.05, 4.69) is 5.32 Å². The van der Waals surface area contributed by atoms with Gasteiger partial charge in [0.05, 0.1) is 20.2 Å². The van der Waals surface area contributed by atoms with Gasteiger partial charge in [-0.2, -0.15) is 0 Å². The molecule has 0 aromatic heterocycles. The van der Waals surface area contributed by atoms with E-state index in [1.807, 2.05) is 31.2 Å². The highest BCUT2D eigenvalue weighted by atomic mass is 16.6. The monoisotopic (exact) mass is 428 g/mol. The van der Waals surface area contributed by atoms with E-state index in [9.17, 15) is 9.59 Å². The van der Waals surface area contributed by atoms with Crippen molar-refractivity contribution < 1.29 is 28.7 Å². The molecule has 0 bridgehead atoms. The second-order valence-corrected chi connectivity index (χ2v) is 7.51. The van der Waals surface area contributed by atoms with Crippen molar-refractivity contribution in [3.8, 4) is 17.2 Å². The summed E-state index contributed by atoms with van der Waals surface area (Å²) in [6.45, 7) is 3.86. The Morgan fingerprint density at radius 1 is 1.13 bits per heavy atom. The number of nitrogens with zero attached hydrogens (tertiary/aromatic N) is 1. The van der Waals surface area contributed by atoms with Crippen molar-refractivity contribution in [1.82, 2.24) is 4.90 Å². The van der Waals surface area contributed by atoms with Gasteiger partial charge >= 0.3 is 0 Å². The maximum atomic E-state index is 12.7. The number of nitrogens with one attached hydrogen (secondary N) is 2. The minimum Gasteiger partial charge on any atom is -0.497 e. The molecule has 1 unspecified atom stereocenters. The van der Waals surface area contributed by atoms with Gasteiger partial charge in [0.15, 0.2) is 30.7 Å². The lowest BCUT2D eigenvalue weighted by molar-refractivity contribution is -0.881. The minimum atomic E-state index is -0.229. The number of anilines is 1. The van der Waals surface area contributed by atoms with Crippen LogP contribution in [0.2, 0.25) is 0 Å². The Kier molecular flexibility index (Phi) is 7.72. The number of quaternary nitrogens is 1. The number of ether oxygens (including phenoxy) is 3. The Morgan fingerprint density at radius 2 is 1.84 bits per heavy atom. The van der Waals surface area contributed by atoms with E-state index < -0.39 is 0 Å². The third-order valence-corrected chi connectivity index (χ3v) is 5.16. The van der Waals surface area contributed by atoms with Crippen LogP contribution >= 0.6 is 0 Å². The molecule has 3 rings (SSSR count). The Morgan fingerprint density at radius 3 is 2.52 bits per heavy atom. The number of methoxy groups -OCH3 is 1. The lowest BCUT2D eigenvalue weighted by Gasteiger charge is -2.30. The van der Waals surface area contributed by atoms with Crippen molar-refractivity contribution in [3.63, 3.8) is 0 Å². The molecule has 0 saturated heterocycles. The van der Waals surface area contributed by atoms with E-state index in [-0.39, 0.29) is 31.0 Å². The van der Waals surface area contributed by atoms with Crippen LogP contribution in [0.3, 0.4) is 0 Å². The molecule has 1 aliphatic rings. The van der Waals surface area contributed by atoms with Gasteiger partial charge in [0.1, 0.15) is 12.4 Å². The number of carbonyl (C=O) groups is 2. The summed E-state index contributed by atoms with van der Waals surface area (Å²) in [6.07, 6.45) is -0.229. The van der Waals surface area contributed by atoms with Gasteiger partial charge in [0.2, 0.25) is 0 Å². The third kappa shape index (κ3) is 6.36. The van der Waals surface area contributed by atoms with Gasteiger partial charge < -0.3 is 29.3 Å². The molecule has 31 heavy (non-hydrogen) atoms. The molecular weight excluding hydrogens is 398 g/mol. The summed E-state index contributed by atoms with van der Waals surface area (Å²) in [7, 11) is 3.34. The van der Waals surface area contributed by atoms with E-state index in [0.717, 1.165) is 16.4 Å². The first-order valence-electron chi connectivity index (χ1n) is 10.4. The first-order valence-corrected chi connectivity index (χ1v) is 10.4. The molecule has 8 heteroatoms. The molecule has 1 aliphatic heterocycles. The number of fused-ring (bicyclic) bond motifs is 1. The number of amides is 2. The normalized spacial score (nSPS) is 15.6. The minimum absolute atomic E-state index is 0.0449. The van der Waals surface area contributed by atoms with Crippen LogP contribution in [0.5, 0.6) is 17.2 Å². The lowest BCUT2D eigenvalue weighted by atomic mass is 10.2. The predicted molar refractivity (Wildman–Crippen MR) is 117 cm³/mol. The Bertz CT molecular complexity index is 887. The van der Waals surface area contributed by atoms with Crippen LogP contribution < -0.4 is 24.4 Å². The van der Waals surface area contributed by atoms with Crippen molar-refractivity contribution in [1.29, 1.82) is 0 Å².